The second-order valence-electron chi connectivity index (χ2n) is 4.32. The van der Waals surface area contributed by atoms with Gasteiger partial charge in [0.05, 0.1) is 0 Å². The summed E-state index contributed by atoms with van der Waals surface area (Å²) < 4.78 is 10.8. The first-order valence-electron chi connectivity index (χ1n) is 5.99. The Kier molecular flexibility index (Phi) is 7.07. The van der Waals surface area contributed by atoms with Crippen LogP contribution in [0.25, 0.3) is 0 Å². The van der Waals surface area contributed by atoms with Gasteiger partial charge in [-0.3, -0.25) is 4.57 Å². The summed E-state index contributed by atoms with van der Waals surface area (Å²) in [6, 6.07) is 10.0. The van der Waals surface area contributed by atoms with Crippen LogP contribution in [0.4, 0.5) is 0 Å². The van der Waals surface area contributed by atoms with Gasteiger partial charge in [-0.05, 0) is 25.6 Å². The van der Waals surface area contributed by atoms with Crippen molar-refractivity contribution in [1.82, 2.24) is 4.90 Å². The van der Waals surface area contributed by atoms with Gasteiger partial charge < -0.3 is 19.8 Å². The first kappa shape index (κ1) is 16.7. The van der Waals surface area contributed by atoms with Crippen LogP contribution in [-0.2, 0) is 4.57 Å². The molecule has 108 valence electrons. The number of rotatable bonds is 8. The first-order chi connectivity index (χ1) is 8.89. The lowest BCUT2D eigenvalue weighted by Crippen LogP contribution is -2.25. The SMILES string of the molecule is CN(CCSc1ccccc1)CCC(O)P(=O)(O)O. The highest BCUT2D eigenvalue weighted by Gasteiger charge is 2.25. The van der Waals surface area contributed by atoms with Gasteiger partial charge in [0, 0.05) is 23.7 Å². The molecule has 0 radical (unpaired) electrons. The summed E-state index contributed by atoms with van der Waals surface area (Å²) in [5.74, 6) is -0.663. The maximum atomic E-state index is 10.8. The van der Waals surface area contributed by atoms with E-state index in [4.69, 9.17) is 9.79 Å². The van der Waals surface area contributed by atoms with Crippen molar-refractivity contribution in [3.8, 4) is 0 Å². The Morgan fingerprint density at radius 2 is 1.89 bits per heavy atom. The summed E-state index contributed by atoms with van der Waals surface area (Å²) >= 11 is 1.73. The molecule has 7 heteroatoms. The van der Waals surface area contributed by atoms with Crippen LogP contribution >= 0.6 is 19.4 Å². The monoisotopic (exact) mass is 305 g/mol. The quantitative estimate of drug-likeness (QED) is 0.500. The second-order valence-corrected chi connectivity index (χ2v) is 7.27. The lowest BCUT2D eigenvalue weighted by Gasteiger charge is -2.19. The molecule has 0 spiro atoms. The molecule has 0 aliphatic rings. The van der Waals surface area contributed by atoms with Gasteiger partial charge >= 0.3 is 7.60 Å². The number of thioether (sulfide) groups is 1. The van der Waals surface area contributed by atoms with E-state index >= 15 is 0 Å². The number of hydrogen-bond donors (Lipinski definition) is 3. The fourth-order valence-corrected chi connectivity index (χ4v) is 2.89. The molecule has 0 fully saturated rings. The molecule has 0 amide bonds. The van der Waals surface area contributed by atoms with E-state index < -0.39 is 13.4 Å². The van der Waals surface area contributed by atoms with Crippen molar-refractivity contribution in [2.75, 3.05) is 25.9 Å². The Bertz CT molecular complexity index is 411. The Hall–Kier alpha value is -0.360. The molecule has 0 heterocycles. The molecule has 0 aliphatic carbocycles. The van der Waals surface area contributed by atoms with Gasteiger partial charge in [0.1, 0.15) is 0 Å². The maximum Gasteiger partial charge on any atom is 0.353 e. The molecule has 0 bridgehead atoms. The summed E-state index contributed by atoms with van der Waals surface area (Å²) in [4.78, 5) is 20.7. The third kappa shape index (κ3) is 7.11. The molecular weight excluding hydrogens is 285 g/mol. The molecular formula is C12H20NO4PS. The highest BCUT2D eigenvalue weighted by Crippen LogP contribution is 2.41. The first-order valence-corrected chi connectivity index (χ1v) is 8.66. The minimum atomic E-state index is -4.36. The summed E-state index contributed by atoms with van der Waals surface area (Å²) in [7, 11) is -2.49. The summed E-state index contributed by atoms with van der Waals surface area (Å²) in [6.07, 6.45) is 0.0801. The van der Waals surface area contributed by atoms with Gasteiger partial charge in [0.2, 0.25) is 0 Å². The van der Waals surface area contributed by atoms with Crippen LogP contribution in [0.2, 0.25) is 0 Å². The summed E-state index contributed by atoms with van der Waals surface area (Å²) in [5, 5.41) is 9.24. The zero-order chi connectivity index (χ0) is 14.3. The van der Waals surface area contributed by atoms with Crippen molar-refractivity contribution in [3.63, 3.8) is 0 Å². The maximum absolute atomic E-state index is 10.8. The lowest BCUT2D eigenvalue weighted by molar-refractivity contribution is 0.178. The van der Waals surface area contributed by atoms with Crippen LogP contribution in [0.1, 0.15) is 6.42 Å². The van der Waals surface area contributed by atoms with Gasteiger partial charge in [-0.1, -0.05) is 18.2 Å². The largest absolute Gasteiger partial charge is 0.380 e. The number of aliphatic hydroxyl groups is 1. The molecule has 1 aromatic carbocycles. The summed E-state index contributed by atoms with van der Waals surface area (Å²) in [5.41, 5.74) is 0. The third-order valence-electron chi connectivity index (χ3n) is 2.64. The van der Waals surface area contributed by atoms with Gasteiger partial charge in [-0.2, -0.15) is 0 Å². The van der Waals surface area contributed by atoms with E-state index in [0.29, 0.717) is 6.54 Å². The normalized spacial score (nSPS) is 13.7. The zero-order valence-corrected chi connectivity index (χ0v) is 12.6. The average Bonchev–Trinajstić information content (AvgIpc) is 2.36. The fourth-order valence-electron chi connectivity index (χ4n) is 1.45. The van der Waals surface area contributed by atoms with Crippen molar-refractivity contribution in [3.05, 3.63) is 30.3 Å². The third-order valence-corrected chi connectivity index (χ3v) is 4.67. The molecule has 1 unspecified atom stereocenters. The van der Waals surface area contributed by atoms with Gasteiger partial charge in [0.25, 0.3) is 0 Å². The minimum Gasteiger partial charge on any atom is -0.380 e. The van der Waals surface area contributed by atoms with Crippen LogP contribution in [0.5, 0.6) is 0 Å². The van der Waals surface area contributed by atoms with E-state index in [-0.39, 0.29) is 6.42 Å². The Labute approximate surface area is 117 Å². The predicted molar refractivity (Wildman–Crippen MR) is 77.3 cm³/mol. The topological polar surface area (TPSA) is 81.0 Å². The van der Waals surface area contributed by atoms with Gasteiger partial charge in [0.15, 0.2) is 5.85 Å². The molecule has 0 aromatic heterocycles. The highest BCUT2D eigenvalue weighted by molar-refractivity contribution is 7.99. The van der Waals surface area contributed by atoms with E-state index in [1.165, 1.54) is 4.90 Å². The Balaban J connectivity index is 2.18. The van der Waals surface area contributed by atoms with Crippen molar-refractivity contribution in [1.29, 1.82) is 0 Å². The zero-order valence-electron chi connectivity index (χ0n) is 10.8. The highest BCUT2D eigenvalue weighted by atomic mass is 32.2. The molecule has 1 rings (SSSR count). The smallest absolute Gasteiger partial charge is 0.353 e. The number of aliphatic hydroxyl groups excluding tert-OH is 1. The van der Waals surface area contributed by atoms with E-state index in [1.807, 2.05) is 42.3 Å². The van der Waals surface area contributed by atoms with Crippen LogP contribution in [0.3, 0.4) is 0 Å². The number of benzene rings is 1. The molecule has 1 atom stereocenters. The van der Waals surface area contributed by atoms with Crippen molar-refractivity contribution in [2.24, 2.45) is 0 Å². The Morgan fingerprint density at radius 1 is 1.26 bits per heavy atom. The lowest BCUT2D eigenvalue weighted by atomic mass is 10.4. The number of nitrogens with zero attached hydrogens (tertiary/aromatic N) is 1. The molecule has 0 saturated heterocycles. The van der Waals surface area contributed by atoms with Crippen LogP contribution in [0, 0.1) is 0 Å². The molecule has 0 saturated carbocycles. The van der Waals surface area contributed by atoms with E-state index in [0.717, 1.165) is 12.3 Å². The Morgan fingerprint density at radius 3 is 2.47 bits per heavy atom. The fraction of sp³-hybridized carbons (Fsp3) is 0.500. The minimum absolute atomic E-state index is 0.0801. The molecule has 3 N–H and O–H groups in total. The van der Waals surface area contributed by atoms with E-state index in [2.05, 4.69) is 0 Å². The molecule has 19 heavy (non-hydrogen) atoms. The van der Waals surface area contributed by atoms with Crippen LogP contribution in [0.15, 0.2) is 35.2 Å². The number of hydrogen-bond acceptors (Lipinski definition) is 4. The van der Waals surface area contributed by atoms with Crippen LogP contribution in [-0.4, -0.2) is 51.5 Å². The van der Waals surface area contributed by atoms with Crippen molar-refractivity contribution < 1.29 is 19.5 Å². The van der Waals surface area contributed by atoms with Gasteiger partial charge in [-0.15, -0.1) is 11.8 Å². The van der Waals surface area contributed by atoms with Crippen molar-refractivity contribution >= 4 is 19.4 Å². The predicted octanol–water partition coefficient (Wildman–Crippen LogP) is 1.60. The molecule has 1 aromatic rings. The summed E-state index contributed by atoms with van der Waals surface area (Å²) in [6.45, 7) is 1.26. The van der Waals surface area contributed by atoms with E-state index in [1.54, 1.807) is 11.8 Å². The van der Waals surface area contributed by atoms with Crippen molar-refractivity contribution in [2.45, 2.75) is 17.2 Å². The van der Waals surface area contributed by atoms with Gasteiger partial charge in [-0.25, -0.2) is 0 Å². The average molecular weight is 305 g/mol. The van der Waals surface area contributed by atoms with E-state index in [9.17, 15) is 9.67 Å². The standard InChI is InChI=1S/C12H20NO4PS/c1-13(8-7-12(14)18(15,16)17)9-10-19-11-5-3-2-4-6-11/h2-6,12,14H,7-10H2,1H3,(H2,15,16,17). The molecule has 0 aliphatic heterocycles. The molecule has 5 nitrogen and oxygen atoms in total. The second kappa shape index (κ2) is 8.04. The van der Waals surface area contributed by atoms with Crippen LogP contribution < -0.4 is 0 Å².